The van der Waals surface area contributed by atoms with Crippen LogP contribution in [0.15, 0.2) is 23.2 Å². The van der Waals surface area contributed by atoms with Crippen LogP contribution in [0.4, 0.5) is 0 Å². The predicted octanol–water partition coefficient (Wildman–Crippen LogP) is 4.47. The summed E-state index contributed by atoms with van der Waals surface area (Å²) in [7, 11) is 0. The number of carbonyl (C=O) groups is 1. The fourth-order valence-corrected chi connectivity index (χ4v) is 3.50. The van der Waals surface area contributed by atoms with Crippen molar-refractivity contribution in [3.63, 3.8) is 0 Å². The standard InChI is InChI=1S/C19H20N2OS/c1-11-6-13(3)16(8-12(11)2)18(22)10-23-19-17(9-20)14(4)7-15(5)21-19/h6-8H,10H2,1-5H3. The molecule has 23 heavy (non-hydrogen) atoms. The summed E-state index contributed by atoms with van der Waals surface area (Å²) in [5.74, 6) is 0.355. The van der Waals surface area contributed by atoms with E-state index in [1.165, 1.54) is 17.3 Å². The van der Waals surface area contributed by atoms with Crippen molar-refractivity contribution in [1.82, 2.24) is 4.98 Å². The highest BCUT2D eigenvalue weighted by Crippen LogP contribution is 2.25. The van der Waals surface area contributed by atoms with Crippen molar-refractivity contribution in [3.8, 4) is 6.07 Å². The third kappa shape index (κ3) is 3.80. The molecule has 1 aromatic heterocycles. The largest absolute Gasteiger partial charge is 0.293 e. The molecule has 0 unspecified atom stereocenters. The second-order valence-electron chi connectivity index (χ2n) is 5.84. The molecule has 3 nitrogen and oxygen atoms in total. The molecule has 0 bridgehead atoms. The van der Waals surface area contributed by atoms with Crippen molar-refractivity contribution >= 4 is 17.5 Å². The van der Waals surface area contributed by atoms with Crippen LogP contribution in [-0.2, 0) is 0 Å². The third-order valence-electron chi connectivity index (χ3n) is 3.90. The van der Waals surface area contributed by atoms with Gasteiger partial charge in [-0.05, 0) is 69.0 Å². The van der Waals surface area contributed by atoms with Gasteiger partial charge in [-0.3, -0.25) is 4.79 Å². The minimum Gasteiger partial charge on any atom is -0.293 e. The van der Waals surface area contributed by atoms with Crippen LogP contribution in [0, 0.1) is 45.9 Å². The molecule has 0 spiro atoms. The Hall–Kier alpha value is -2.12. The molecule has 118 valence electrons. The summed E-state index contributed by atoms with van der Waals surface area (Å²) in [4.78, 5) is 17.0. The molecule has 1 heterocycles. The summed E-state index contributed by atoms with van der Waals surface area (Å²) >= 11 is 1.34. The lowest BCUT2D eigenvalue weighted by molar-refractivity contribution is 0.102. The summed E-state index contributed by atoms with van der Waals surface area (Å²) in [6, 6.07) is 8.07. The number of aryl methyl sites for hydroxylation is 5. The first-order valence-corrected chi connectivity index (χ1v) is 8.44. The van der Waals surface area contributed by atoms with E-state index in [1.54, 1.807) is 0 Å². The van der Waals surface area contributed by atoms with Crippen LogP contribution in [0.1, 0.15) is 43.9 Å². The summed E-state index contributed by atoms with van der Waals surface area (Å²) < 4.78 is 0. The summed E-state index contributed by atoms with van der Waals surface area (Å²) in [5, 5.41) is 9.93. The quantitative estimate of drug-likeness (QED) is 0.615. The van der Waals surface area contributed by atoms with E-state index < -0.39 is 0 Å². The van der Waals surface area contributed by atoms with E-state index in [0.29, 0.717) is 10.6 Å². The number of nitriles is 1. The Balaban J connectivity index is 2.24. The van der Waals surface area contributed by atoms with Gasteiger partial charge in [-0.1, -0.05) is 17.8 Å². The SMILES string of the molecule is Cc1cc(C)c(C#N)c(SCC(=O)c2cc(C)c(C)cc2C)n1. The predicted molar refractivity (Wildman–Crippen MR) is 94.1 cm³/mol. The molecule has 0 saturated heterocycles. The first kappa shape index (κ1) is 17.2. The van der Waals surface area contributed by atoms with Gasteiger partial charge in [0.1, 0.15) is 11.1 Å². The van der Waals surface area contributed by atoms with Crippen LogP contribution >= 0.6 is 11.8 Å². The highest BCUT2D eigenvalue weighted by molar-refractivity contribution is 8.00. The number of aromatic nitrogens is 1. The van der Waals surface area contributed by atoms with Gasteiger partial charge in [0.25, 0.3) is 0 Å². The zero-order valence-corrected chi connectivity index (χ0v) is 15.0. The van der Waals surface area contributed by atoms with Crippen molar-refractivity contribution in [2.45, 2.75) is 39.6 Å². The summed E-state index contributed by atoms with van der Waals surface area (Å²) in [6.45, 7) is 9.81. The molecule has 0 aliphatic rings. The van der Waals surface area contributed by atoms with Gasteiger partial charge in [0.05, 0.1) is 11.3 Å². The van der Waals surface area contributed by atoms with Crippen LogP contribution in [0.5, 0.6) is 0 Å². The van der Waals surface area contributed by atoms with Crippen LogP contribution in [0.25, 0.3) is 0 Å². The monoisotopic (exact) mass is 324 g/mol. The molecule has 0 saturated carbocycles. The molecule has 2 rings (SSSR count). The molecular formula is C19H20N2OS. The van der Waals surface area contributed by atoms with Gasteiger partial charge in [0.15, 0.2) is 5.78 Å². The van der Waals surface area contributed by atoms with Gasteiger partial charge < -0.3 is 0 Å². The molecular weight excluding hydrogens is 304 g/mol. The van der Waals surface area contributed by atoms with E-state index in [2.05, 4.69) is 11.1 Å². The topological polar surface area (TPSA) is 53.8 Å². The number of rotatable bonds is 4. The number of Topliss-reactive ketones (excluding diaryl/α,β-unsaturated/α-hetero) is 1. The van der Waals surface area contributed by atoms with Crippen LogP contribution in [0.3, 0.4) is 0 Å². The molecule has 0 aliphatic heterocycles. The maximum Gasteiger partial charge on any atom is 0.173 e. The van der Waals surface area contributed by atoms with E-state index in [9.17, 15) is 10.1 Å². The van der Waals surface area contributed by atoms with E-state index in [-0.39, 0.29) is 11.5 Å². The molecule has 0 amide bonds. The van der Waals surface area contributed by atoms with Gasteiger partial charge in [0.2, 0.25) is 0 Å². The first-order valence-electron chi connectivity index (χ1n) is 7.45. The number of benzene rings is 1. The van der Waals surface area contributed by atoms with Crippen molar-refractivity contribution in [3.05, 3.63) is 57.3 Å². The molecule has 0 aliphatic carbocycles. The van der Waals surface area contributed by atoms with Crippen molar-refractivity contribution in [1.29, 1.82) is 5.26 Å². The molecule has 0 atom stereocenters. The fourth-order valence-electron chi connectivity index (χ4n) is 2.52. The zero-order valence-electron chi connectivity index (χ0n) is 14.2. The minimum absolute atomic E-state index is 0.0699. The Labute approximate surface area is 141 Å². The summed E-state index contributed by atoms with van der Waals surface area (Å²) in [6.07, 6.45) is 0. The first-order chi connectivity index (χ1) is 10.8. The zero-order chi connectivity index (χ0) is 17.1. The number of carbonyl (C=O) groups excluding carboxylic acids is 1. The van der Waals surface area contributed by atoms with Gasteiger partial charge in [0, 0.05) is 11.3 Å². The van der Waals surface area contributed by atoms with Crippen LogP contribution < -0.4 is 0 Å². The van der Waals surface area contributed by atoms with E-state index >= 15 is 0 Å². The van der Waals surface area contributed by atoms with Crippen molar-refractivity contribution in [2.75, 3.05) is 5.75 Å². The minimum atomic E-state index is 0.0699. The van der Waals surface area contributed by atoms with E-state index in [1.807, 2.05) is 52.8 Å². The lowest BCUT2D eigenvalue weighted by atomic mass is 9.99. The Morgan fingerprint density at radius 2 is 1.70 bits per heavy atom. The number of hydrogen-bond acceptors (Lipinski definition) is 4. The Bertz CT molecular complexity index is 819. The number of hydrogen-bond donors (Lipinski definition) is 0. The highest BCUT2D eigenvalue weighted by atomic mass is 32.2. The van der Waals surface area contributed by atoms with E-state index in [4.69, 9.17) is 0 Å². The Morgan fingerprint density at radius 3 is 2.35 bits per heavy atom. The number of nitrogens with zero attached hydrogens (tertiary/aromatic N) is 2. The van der Waals surface area contributed by atoms with Crippen LogP contribution in [0.2, 0.25) is 0 Å². The second-order valence-corrected chi connectivity index (χ2v) is 6.80. The van der Waals surface area contributed by atoms with Crippen molar-refractivity contribution in [2.24, 2.45) is 0 Å². The number of pyridine rings is 1. The fraction of sp³-hybridized carbons (Fsp3) is 0.316. The lowest BCUT2D eigenvalue weighted by Crippen LogP contribution is -2.07. The number of thioether (sulfide) groups is 1. The average Bonchev–Trinajstić information content (AvgIpc) is 2.48. The van der Waals surface area contributed by atoms with Gasteiger partial charge in [-0.2, -0.15) is 5.26 Å². The maximum absolute atomic E-state index is 12.5. The van der Waals surface area contributed by atoms with Gasteiger partial charge in [-0.25, -0.2) is 4.98 Å². The van der Waals surface area contributed by atoms with E-state index in [0.717, 1.165) is 27.9 Å². The molecule has 1 aromatic carbocycles. The van der Waals surface area contributed by atoms with Gasteiger partial charge >= 0.3 is 0 Å². The Morgan fingerprint density at radius 1 is 1.04 bits per heavy atom. The summed E-state index contributed by atoms with van der Waals surface area (Å²) in [5.41, 5.74) is 6.37. The van der Waals surface area contributed by atoms with Crippen molar-refractivity contribution < 1.29 is 4.79 Å². The normalized spacial score (nSPS) is 10.4. The smallest absolute Gasteiger partial charge is 0.173 e. The van der Waals surface area contributed by atoms with Crippen LogP contribution in [-0.4, -0.2) is 16.5 Å². The Kier molecular flexibility index (Phi) is 5.23. The molecule has 0 N–H and O–H groups in total. The molecule has 0 fully saturated rings. The molecule has 0 radical (unpaired) electrons. The number of ketones is 1. The second kappa shape index (κ2) is 6.97. The third-order valence-corrected chi connectivity index (χ3v) is 4.88. The molecule has 2 aromatic rings. The lowest BCUT2D eigenvalue weighted by Gasteiger charge is -2.10. The highest BCUT2D eigenvalue weighted by Gasteiger charge is 2.14. The molecule has 4 heteroatoms. The maximum atomic E-state index is 12.5. The van der Waals surface area contributed by atoms with Gasteiger partial charge in [-0.15, -0.1) is 0 Å². The average molecular weight is 324 g/mol.